The fourth-order valence-electron chi connectivity index (χ4n) is 2.44. The first-order valence-electron chi connectivity index (χ1n) is 6.83. The van der Waals surface area contributed by atoms with Crippen LogP contribution in [-0.4, -0.2) is 40.1 Å². The van der Waals surface area contributed by atoms with Gasteiger partial charge in [0.15, 0.2) is 0 Å². The van der Waals surface area contributed by atoms with E-state index in [2.05, 4.69) is 0 Å². The number of ether oxygens (including phenoxy) is 2. The number of hydrogen-bond donors (Lipinski definition) is 2. The molecule has 0 bridgehead atoms. The van der Waals surface area contributed by atoms with Gasteiger partial charge in [0.05, 0.1) is 17.8 Å². The van der Waals surface area contributed by atoms with E-state index in [9.17, 15) is 19.8 Å². The van der Waals surface area contributed by atoms with Gasteiger partial charge < -0.3 is 19.7 Å². The minimum Gasteiger partial charge on any atom is -0.481 e. The monoisotopic (exact) mass is 298 g/mol. The number of rotatable bonds is 6. The summed E-state index contributed by atoms with van der Waals surface area (Å²) in [6.45, 7) is 8.42. The van der Waals surface area contributed by atoms with E-state index in [1.54, 1.807) is 34.6 Å². The van der Waals surface area contributed by atoms with Gasteiger partial charge in [-0.15, -0.1) is 0 Å². The highest BCUT2D eigenvalue weighted by Crippen LogP contribution is 2.40. The molecule has 0 aliphatic heterocycles. The summed E-state index contributed by atoms with van der Waals surface area (Å²) in [5.41, 5.74) is 0.251. The van der Waals surface area contributed by atoms with Crippen molar-refractivity contribution in [2.45, 2.75) is 52.6 Å². The van der Waals surface area contributed by atoms with Crippen molar-refractivity contribution in [3.05, 3.63) is 23.3 Å². The molecular formula is C15H22O6. The summed E-state index contributed by atoms with van der Waals surface area (Å²) in [7, 11) is 0. The van der Waals surface area contributed by atoms with E-state index < -0.39 is 35.9 Å². The van der Waals surface area contributed by atoms with Crippen LogP contribution in [0.1, 0.15) is 34.6 Å². The van der Waals surface area contributed by atoms with E-state index in [4.69, 9.17) is 9.47 Å². The SMILES string of the molecule is CC1=C(C(=O)O)C(OC(C)C)(OC(C)C)C(C(=O)O)C=C1. The molecular weight excluding hydrogens is 276 g/mol. The Bertz CT molecular complexity index is 476. The van der Waals surface area contributed by atoms with Crippen molar-refractivity contribution in [3.8, 4) is 0 Å². The van der Waals surface area contributed by atoms with E-state index in [1.807, 2.05) is 0 Å². The molecule has 21 heavy (non-hydrogen) atoms. The summed E-state index contributed by atoms with van der Waals surface area (Å²) in [5.74, 6) is -5.50. The fourth-order valence-corrected chi connectivity index (χ4v) is 2.44. The number of aliphatic carboxylic acids is 2. The molecule has 0 heterocycles. The van der Waals surface area contributed by atoms with E-state index in [0.29, 0.717) is 5.57 Å². The van der Waals surface area contributed by atoms with Gasteiger partial charge in [0.1, 0.15) is 5.92 Å². The zero-order chi connectivity index (χ0) is 16.4. The third kappa shape index (κ3) is 3.51. The topological polar surface area (TPSA) is 93.1 Å². The molecule has 1 aliphatic carbocycles. The first-order chi connectivity index (χ1) is 9.61. The Morgan fingerprint density at radius 2 is 1.62 bits per heavy atom. The molecule has 1 rings (SSSR count). The molecule has 0 aromatic carbocycles. The quantitative estimate of drug-likeness (QED) is 0.730. The number of carboxylic acid groups (broad SMARTS) is 2. The molecule has 1 atom stereocenters. The van der Waals surface area contributed by atoms with Gasteiger partial charge in [-0.3, -0.25) is 4.79 Å². The van der Waals surface area contributed by atoms with E-state index in [1.165, 1.54) is 12.2 Å². The van der Waals surface area contributed by atoms with E-state index >= 15 is 0 Å². The lowest BCUT2D eigenvalue weighted by molar-refractivity contribution is -0.265. The van der Waals surface area contributed by atoms with Gasteiger partial charge in [0, 0.05) is 0 Å². The highest BCUT2D eigenvalue weighted by molar-refractivity contribution is 5.93. The van der Waals surface area contributed by atoms with Crippen molar-refractivity contribution in [1.82, 2.24) is 0 Å². The summed E-state index contributed by atoms with van der Waals surface area (Å²) in [6.07, 6.45) is 2.08. The Kier molecular flexibility index (Phi) is 5.31. The van der Waals surface area contributed by atoms with Gasteiger partial charge in [-0.1, -0.05) is 12.2 Å². The van der Waals surface area contributed by atoms with Crippen LogP contribution in [0, 0.1) is 5.92 Å². The van der Waals surface area contributed by atoms with Gasteiger partial charge in [0.25, 0.3) is 0 Å². The maximum atomic E-state index is 11.7. The average molecular weight is 298 g/mol. The Balaban J connectivity index is 3.55. The van der Waals surface area contributed by atoms with Gasteiger partial charge in [-0.2, -0.15) is 0 Å². The second kappa shape index (κ2) is 6.41. The summed E-state index contributed by atoms with van der Waals surface area (Å²) in [6, 6.07) is 0. The zero-order valence-corrected chi connectivity index (χ0v) is 12.9. The van der Waals surface area contributed by atoms with Crippen LogP contribution < -0.4 is 0 Å². The van der Waals surface area contributed by atoms with Crippen LogP contribution in [0.5, 0.6) is 0 Å². The Morgan fingerprint density at radius 3 is 1.95 bits per heavy atom. The maximum Gasteiger partial charge on any atom is 0.337 e. The number of hydrogen-bond acceptors (Lipinski definition) is 4. The minimum atomic E-state index is -1.83. The highest BCUT2D eigenvalue weighted by atomic mass is 16.7. The first kappa shape index (κ1) is 17.4. The number of allylic oxidation sites excluding steroid dienone is 2. The molecule has 0 saturated heterocycles. The molecule has 0 radical (unpaired) electrons. The molecule has 2 N–H and O–H groups in total. The third-order valence-electron chi connectivity index (χ3n) is 2.99. The molecule has 1 unspecified atom stereocenters. The maximum absolute atomic E-state index is 11.7. The molecule has 0 amide bonds. The molecule has 0 spiro atoms. The largest absolute Gasteiger partial charge is 0.481 e. The van der Waals surface area contributed by atoms with Crippen LogP contribution in [-0.2, 0) is 19.1 Å². The summed E-state index contributed by atoms with van der Waals surface area (Å²) >= 11 is 0. The molecule has 0 aromatic heterocycles. The summed E-state index contributed by atoms with van der Waals surface area (Å²) in [5, 5.41) is 19.0. The lowest BCUT2D eigenvalue weighted by atomic mass is 9.83. The number of carbonyl (C=O) groups is 2. The molecule has 6 nitrogen and oxygen atoms in total. The first-order valence-corrected chi connectivity index (χ1v) is 6.83. The van der Waals surface area contributed by atoms with Crippen molar-refractivity contribution in [3.63, 3.8) is 0 Å². The standard InChI is InChI=1S/C15H22O6/c1-8(2)20-15(21-9(3)4)11(13(16)17)7-6-10(5)12(15)14(18)19/h6-9,11H,1-5H3,(H,16,17)(H,18,19). The molecule has 6 heteroatoms. The van der Waals surface area contributed by atoms with Gasteiger partial charge in [-0.25, -0.2) is 4.79 Å². The van der Waals surface area contributed by atoms with Crippen molar-refractivity contribution in [2.75, 3.05) is 0 Å². The van der Waals surface area contributed by atoms with Crippen LogP contribution in [0.15, 0.2) is 23.3 Å². The van der Waals surface area contributed by atoms with Crippen molar-refractivity contribution in [2.24, 2.45) is 5.92 Å². The van der Waals surface area contributed by atoms with Gasteiger partial charge >= 0.3 is 11.9 Å². The van der Waals surface area contributed by atoms with Crippen molar-refractivity contribution in [1.29, 1.82) is 0 Å². The zero-order valence-electron chi connectivity index (χ0n) is 12.9. The highest BCUT2D eigenvalue weighted by Gasteiger charge is 2.53. The minimum absolute atomic E-state index is 0.167. The molecule has 0 aromatic rings. The Labute approximate surface area is 124 Å². The third-order valence-corrected chi connectivity index (χ3v) is 2.99. The average Bonchev–Trinajstić information content (AvgIpc) is 2.24. The molecule has 0 saturated carbocycles. The van der Waals surface area contributed by atoms with Crippen LogP contribution in [0.4, 0.5) is 0 Å². The molecule has 118 valence electrons. The lowest BCUT2D eigenvalue weighted by Crippen LogP contribution is -2.54. The lowest BCUT2D eigenvalue weighted by Gasteiger charge is -2.42. The number of carboxylic acids is 2. The second-order valence-electron chi connectivity index (χ2n) is 5.54. The van der Waals surface area contributed by atoms with Crippen molar-refractivity contribution < 1.29 is 29.3 Å². The molecule has 1 aliphatic rings. The van der Waals surface area contributed by atoms with Crippen LogP contribution in [0.25, 0.3) is 0 Å². The smallest absolute Gasteiger partial charge is 0.337 e. The Hall–Kier alpha value is -1.66. The predicted octanol–water partition coefficient (Wildman–Crippen LogP) is 2.20. The van der Waals surface area contributed by atoms with Crippen LogP contribution in [0.3, 0.4) is 0 Å². The van der Waals surface area contributed by atoms with E-state index in [-0.39, 0.29) is 5.57 Å². The molecule has 0 fully saturated rings. The Morgan fingerprint density at radius 1 is 1.14 bits per heavy atom. The second-order valence-corrected chi connectivity index (χ2v) is 5.54. The normalized spacial score (nSPS) is 21.2. The summed E-state index contributed by atoms with van der Waals surface area (Å²) < 4.78 is 11.4. The van der Waals surface area contributed by atoms with Gasteiger partial charge in [-0.05, 0) is 40.2 Å². The van der Waals surface area contributed by atoms with Crippen LogP contribution in [0.2, 0.25) is 0 Å². The van der Waals surface area contributed by atoms with Crippen LogP contribution >= 0.6 is 0 Å². The predicted molar refractivity (Wildman–Crippen MR) is 75.8 cm³/mol. The van der Waals surface area contributed by atoms with Crippen molar-refractivity contribution >= 4 is 11.9 Å². The summed E-state index contributed by atoms with van der Waals surface area (Å²) in [4.78, 5) is 23.2. The van der Waals surface area contributed by atoms with Gasteiger partial charge in [0.2, 0.25) is 5.79 Å². The fraction of sp³-hybridized carbons (Fsp3) is 0.600. The van der Waals surface area contributed by atoms with E-state index in [0.717, 1.165) is 0 Å².